The largest absolute Gasteiger partial charge is 0.457 e. The molecule has 0 spiro atoms. The number of anilines is 1. The summed E-state index contributed by atoms with van der Waals surface area (Å²) in [5, 5.41) is 2.93. The summed E-state index contributed by atoms with van der Waals surface area (Å²) in [6.45, 7) is 0. The Hall–Kier alpha value is -3.18. The van der Waals surface area contributed by atoms with Crippen LogP contribution in [0.4, 0.5) is 5.69 Å². The molecule has 4 aromatic rings. The number of para-hydroxylation sites is 2. The first-order valence-corrected chi connectivity index (χ1v) is 8.64. The lowest BCUT2D eigenvalue weighted by molar-refractivity contribution is 0.102. The minimum absolute atomic E-state index is 0.213. The molecule has 4 nitrogen and oxygen atoms in total. The quantitative estimate of drug-likeness (QED) is 0.542. The maximum atomic E-state index is 12.7. The standard InChI is InChI=1S/C20H14N2O2S/c23-20(22-14-10-11-17-19(12-14)25-13-21-17)16-8-4-5-9-18(16)24-15-6-2-1-3-7-15/h1-13H,(H,22,23). The van der Waals surface area contributed by atoms with Crippen LogP contribution in [-0.4, -0.2) is 10.9 Å². The molecule has 1 aromatic heterocycles. The van der Waals surface area contributed by atoms with Gasteiger partial charge in [0.2, 0.25) is 0 Å². The molecule has 0 aliphatic heterocycles. The molecule has 1 heterocycles. The number of benzene rings is 3. The summed E-state index contributed by atoms with van der Waals surface area (Å²) >= 11 is 1.54. The third-order valence-corrected chi connectivity index (χ3v) is 4.48. The molecule has 3 aromatic carbocycles. The van der Waals surface area contributed by atoms with E-state index in [-0.39, 0.29) is 5.91 Å². The van der Waals surface area contributed by atoms with Crippen molar-refractivity contribution in [3.8, 4) is 11.5 Å². The molecule has 5 heteroatoms. The van der Waals surface area contributed by atoms with Crippen LogP contribution < -0.4 is 10.1 Å². The molecule has 0 fully saturated rings. The topological polar surface area (TPSA) is 51.2 Å². The number of carbonyl (C=O) groups excluding carboxylic acids is 1. The van der Waals surface area contributed by atoms with Crippen LogP contribution in [0.1, 0.15) is 10.4 Å². The summed E-state index contributed by atoms with van der Waals surface area (Å²) in [5.41, 5.74) is 3.93. The number of rotatable bonds is 4. The summed E-state index contributed by atoms with van der Waals surface area (Å²) in [4.78, 5) is 16.9. The predicted octanol–water partition coefficient (Wildman–Crippen LogP) is 5.34. The van der Waals surface area contributed by atoms with E-state index in [0.717, 1.165) is 15.9 Å². The van der Waals surface area contributed by atoms with E-state index in [9.17, 15) is 4.79 Å². The molecule has 0 bridgehead atoms. The molecule has 1 N–H and O–H groups in total. The van der Waals surface area contributed by atoms with Gasteiger partial charge in [0.25, 0.3) is 5.91 Å². The maximum absolute atomic E-state index is 12.7. The van der Waals surface area contributed by atoms with E-state index < -0.39 is 0 Å². The van der Waals surface area contributed by atoms with Crippen molar-refractivity contribution in [3.05, 3.63) is 83.9 Å². The van der Waals surface area contributed by atoms with Gasteiger partial charge in [0.1, 0.15) is 11.5 Å². The molecule has 0 aliphatic carbocycles. The second-order valence-electron chi connectivity index (χ2n) is 5.40. The van der Waals surface area contributed by atoms with E-state index in [0.29, 0.717) is 17.1 Å². The molecule has 25 heavy (non-hydrogen) atoms. The summed E-state index contributed by atoms with van der Waals surface area (Å²) in [7, 11) is 0. The van der Waals surface area contributed by atoms with Crippen LogP contribution in [0.5, 0.6) is 11.5 Å². The van der Waals surface area contributed by atoms with Crippen molar-refractivity contribution in [2.24, 2.45) is 0 Å². The fraction of sp³-hybridized carbons (Fsp3) is 0. The van der Waals surface area contributed by atoms with Crippen LogP contribution in [0.3, 0.4) is 0 Å². The smallest absolute Gasteiger partial charge is 0.259 e. The van der Waals surface area contributed by atoms with Gasteiger partial charge in [-0.1, -0.05) is 30.3 Å². The number of aromatic nitrogens is 1. The lowest BCUT2D eigenvalue weighted by Crippen LogP contribution is -2.12. The van der Waals surface area contributed by atoms with E-state index >= 15 is 0 Å². The summed E-state index contributed by atoms with van der Waals surface area (Å²) in [5.74, 6) is 0.995. The predicted molar refractivity (Wildman–Crippen MR) is 101 cm³/mol. The van der Waals surface area contributed by atoms with Crippen molar-refractivity contribution in [1.82, 2.24) is 4.98 Å². The van der Waals surface area contributed by atoms with Crippen molar-refractivity contribution in [3.63, 3.8) is 0 Å². The second-order valence-corrected chi connectivity index (χ2v) is 6.29. The minimum Gasteiger partial charge on any atom is -0.457 e. The number of nitrogens with zero attached hydrogens (tertiary/aromatic N) is 1. The van der Waals surface area contributed by atoms with Gasteiger partial charge in [-0.15, -0.1) is 11.3 Å². The number of ether oxygens (including phenoxy) is 1. The summed E-state index contributed by atoms with van der Waals surface area (Å²) < 4.78 is 6.89. The van der Waals surface area contributed by atoms with Gasteiger partial charge in [-0.05, 0) is 42.5 Å². The molecule has 0 unspecified atom stereocenters. The maximum Gasteiger partial charge on any atom is 0.259 e. The third-order valence-electron chi connectivity index (χ3n) is 3.69. The molecule has 0 saturated carbocycles. The van der Waals surface area contributed by atoms with Gasteiger partial charge in [0.05, 0.1) is 21.3 Å². The Balaban J connectivity index is 1.59. The normalized spacial score (nSPS) is 10.6. The number of hydrogen-bond acceptors (Lipinski definition) is 4. The zero-order valence-electron chi connectivity index (χ0n) is 13.2. The van der Waals surface area contributed by atoms with Crippen LogP contribution in [0.25, 0.3) is 10.2 Å². The van der Waals surface area contributed by atoms with Crippen LogP contribution in [0, 0.1) is 0 Å². The van der Waals surface area contributed by atoms with Gasteiger partial charge in [0, 0.05) is 5.69 Å². The Bertz CT molecular complexity index is 1030. The lowest BCUT2D eigenvalue weighted by Gasteiger charge is -2.11. The molecule has 122 valence electrons. The van der Waals surface area contributed by atoms with E-state index in [2.05, 4.69) is 10.3 Å². The fourth-order valence-corrected chi connectivity index (χ4v) is 3.21. The van der Waals surface area contributed by atoms with Crippen molar-refractivity contribution in [2.75, 3.05) is 5.32 Å². The van der Waals surface area contributed by atoms with Gasteiger partial charge in [-0.2, -0.15) is 0 Å². The monoisotopic (exact) mass is 346 g/mol. The summed E-state index contributed by atoms with van der Waals surface area (Å²) in [6, 6.07) is 22.3. The zero-order chi connectivity index (χ0) is 17.1. The average molecular weight is 346 g/mol. The number of fused-ring (bicyclic) bond motifs is 1. The number of hydrogen-bond donors (Lipinski definition) is 1. The van der Waals surface area contributed by atoms with E-state index in [1.165, 1.54) is 0 Å². The molecule has 0 radical (unpaired) electrons. The highest BCUT2D eigenvalue weighted by molar-refractivity contribution is 7.16. The second kappa shape index (κ2) is 6.75. The van der Waals surface area contributed by atoms with E-state index in [1.54, 1.807) is 29.0 Å². The van der Waals surface area contributed by atoms with Crippen LogP contribution >= 0.6 is 11.3 Å². The molecular weight excluding hydrogens is 332 g/mol. The first-order valence-electron chi connectivity index (χ1n) is 7.76. The number of amides is 1. The highest BCUT2D eigenvalue weighted by Crippen LogP contribution is 2.27. The van der Waals surface area contributed by atoms with Crippen LogP contribution in [0.2, 0.25) is 0 Å². The van der Waals surface area contributed by atoms with E-state index in [1.807, 2.05) is 60.7 Å². The molecule has 4 rings (SSSR count). The third kappa shape index (κ3) is 3.36. The van der Waals surface area contributed by atoms with Crippen molar-refractivity contribution in [1.29, 1.82) is 0 Å². The Morgan fingerprint density at radius 1 is 0.960 bits per heavy atom. The van der Waals surface area contributed by atoms with Crippen molar-refractivity contribution < 1.29 is 9.53 Å². The first-order chi connectivity index (χ1) is 12.3. The van der Waals surface area contributed by atoms with E-state index in [4.69, 9.17) is 4.74 Å². The highest BCUT2D eigenvalue weighted by Gasteiger charge is 2.13. The molecule has 0 atom stereocenters. The molecular formula is C20H14N2O2S. The fourth-order valence-electron chi connectivity index (χ4n) is 2.49. The highest BCUT2D eigenvalue weighted by atomic mass is 32.1. The zero-order valence-corrected chi connectivity index (χ0v) is 14.0. The Morgan fingerprint density at radius 2 is 1.76 bits per heavy atom. The minimum atomic E-state index is -0.213. The SMILES string of the molecule is O=C(Nc1ccc2ncsc2c1)c1ccccc1Oc1ccccc1. The Morgan fingerprint density at radius 3 is 2.64 bits per heavy atom. The first kappa shape index (κ1) is 15.4. The lowest BCUT2D eigenvalue weighted by atomic mass is 10.1. The number of carbonyl (C=O) groups is 1. The molecule has 0 aliphatic rings. The van der Waals surface area contributed by atoms with Gasteiger partial charge >= 0.3 is 0 Å². The Labute approximate surface area is 148 Å². The Kier molecular flexibility index (Phi) is 4.14. The molecule has 0 saturated heterocycles. The van der Waals surface area contributed by atoms with Crippen molar-refractivity contribution in [2.45, 2.75) is 0 Å². The molecule has 1 amide bonds. The van der Waals surface area contributed by atoms with Gasteiger partial charge < -0.3 is 10.1 Å². The number of thiazole rings is 1. The van der Waals surface area contributed by atoms with Crippen molar-refractivity contribution >= 4 is 33.1 Å². The van der Waals surface area contributed by atoms with Crippen LogP contribution in [0.15, 0.2) is 78.3 Å². The van der Waals surface area contributed by atoms with Gasteiger partial charge in [-0.3, -0.25) is 4.79 Å². The van der Waals surface area contributed by atoms with Gasteiger partial charge in [-0.25, -0.2) is 4.98 Å². The average Bonchev–Trinajstić information content (AvgIpc) is 3.11. The van der Waals surface area contributed by atoms with Gasteiger partial charge in [0.15, 0.2) is 0 Å². The van der Waals surface area contributed by atoms with Crippen LogP contribution in [-0.2, 0) is 0 Å². The summed E-state index contributed by atoms with van der Waals surface area (Å²) in [6.07, 6.45) is 0. The number of nitrogens with one attached hydrogen (secondary N) is 1.